The van der Waals surface area contributed by atoms with Crippen molar-refractivity contribution in [3.63, 3.8) is 0 Å². The molecule has 54 heavy (non-hydrogen) atoms. The van der Waals surface area contributed by atoms with Crippen LogP contribution < -0.4 is 4.90 Å². The standard InChI is InChI=1S/C52H35NO/c1-3-14-36(15-4-1)43-31-44(37-16-5-2-6-17-37)33-46(32-43)53(50-34-40-18-7-9-22-47(40)48-23-10-11-24-49(48)50)45-28-26-38(27-29-45)39-20-13-21-41(30-39)52-35-42-19-8-12-25-51(42)54-52/h1-35H. The van der Waals surface area contributed by atoms with E-state index in [1.807, 2.05) is 18.2 Å². The molecular weight excluding hydrogens is 655 g/mol. The van der Waals surface area contributed by atoms with Crippen molar-refractivity contribution in [3.05, 3.63) is 212 Å². The Hall–Kier alpha value is -7.16. The van der Waals surface area contributed by atoms with Crippen LogP contribution in [0.3, 0.4) is 0 Å². The summed E-state index contributed by atoms with van der Waals surface area (Å²) in [4.78, 5) is 2.43. The number of nitrogens with zero attached hydrogens (tertiary/aromatic N) is 1. The van der Waals surface area contributed by atoms with Gasteiger partial charge in [-0.1, -0.05) is 158 Å². The molecule has 0 bridgehead atoms. The number of furan rings is 1. The van der Waals surface area contributed by atoms with Crippen molar-refractivity contribution in [2.24, 2.45) is 0 Å². The monoisotopic (exact) mass is 689 g/mol. The fourth-order valence-electron chi connectivity index (χ4n) is 7.76. The Morgan fingerprint density at radius 2 is 0.833 bits per heavy atom. The van der Waals surface area contributed by atoms with Crippen molar-refractivity contribution in [2.45, 2.75) is 0 Å². The van der Waals surface area contributed by atoms with Gasteiger partial charge in [0.1, 0.15) is 11.3 Å². The molecule has 0 fully saturated rings. The van der Waals surface area contributed by atoms with E-state index in [-0.39, 0.29) is 0 Å². The van der Waals surface area contributed by atoms with Crippen LogP contribution in [0, 0.1) is 0 Å². The first kappa shape index (κ1) is 31.6. The van der Waals surface area contributed by atoms with E-state index >= 15 is 0 Å². The molecule has 0 N–H and O–H groups in total. The molecule has 0 aliphatic heterocycles. The molecule has 1 heterocycles. The summed E-state index contributed by atoms with van der Waals surface area (Å²) in [6, 6.07) is 76.1. The van der Waals surface area contributed by atoms with Crippen LogP contribution in [0.15, 0.2) is 217 Å². The van der Waals surface area contributed by atoms with Crippen molar-refractivity contribution < 1.29 is 4.42 Å². The van der Waals surface area contributed by atoms with Gasteiger partial charge in [-0.3, -0.25) is 0 Å². The summed E-state index contributed by atoms with van der Waals surface area (Å²) in [6.07, 6.45) is 0. The van der Waals surface area contributed by atoms with E-state index in [2.05, 4.69) is 199 Å². The van der Waals surface area contributed by atoms with Crippen molar-refractivity contribution in [2.75, 3.05) is 4.90 Å². The number of rotatable bonds is 7. The zero-order chi connectivity index (χ0) is 35.8. The molecule has 0 spiro atoms. The molecule has 0 radical (unpaired) electrons. The number of hydrogen-bond donors (Lipinski definition) is 0. The van der Waals surface area contributed by atoms with Crippen LogP contribution >= 0.6 is 0 Å². The Bertz CT molecular complexity index is 2830. The minimum atomic E-state index is 0.872. The first-order valence-electron chi connectivity index (χ1n) is 18.4. The molecule has 2 heteroatoms. The van der Waals surface area contributed by atoms with Gasteiger partial charge in [-0.2, -0.15) is 0 Å². The average molecular weight is 690 g/mol. The zero-order valence-corrected chi connectivity index (χ0v) is 29.6. The third-order valence-electron chi connectivity index (χ3n) is 10.4. The molecule has 9 aromatic carbocycles. The van der Waals surface area contributed by atoms with Gasteiger partial charge in [-0.05, 0) is 104 Å². The molecule has 0 saturated carbocycles. The number of hydrogen-bond acceptors (Lipinski definition) is 2. The highest BCUT2D eigenvalue weighted by Crippen LogP contribution is 2.45. The highest BCUT2D eigenvalue weighted by molar-refractivity contribution is 6.14. The van der Waals surface area contributed by atoms with Gasteiger partial charge in [-0.15, -0.1) is 0 Å². The zero-order valence-electron chi connectivity index (χ0n) is 29.6. The Morgan fingerprint density at radius 1 is 0.296 bits per heavy atom. The van der Waals surface area contributed by atoms with Gasteiger partial charge >= 0.3 is 0 Å². The van der Waals surface area contributed by atoms with Crippen molar-refractivity contribution in [3.8, 4) is 44.7 Å². The van der Waals surface area contributed by atoms with Gasteiger partial charge in [0.2, 0.25) is 0 Å². The lowest BCUT2D eigenvalue weighted by atomic mass is 9.95. The summed E-state index contributed by atoms with van der Waals surface area (Å²) in [7, 11) is 0. The number of fused-ring (bicyclic) bond motifs is 4. The van der Waals surface area contributed by atoms with Crippen LogP contribution in [0.25, 0.3) is 77.2 Å². The van der Waals surface area contributed by atoms with Gasteiger partial charge in [0.25, 0.3) is 0 Å². The summed E-state index contributed by atoms with van der Waals surface area (Å²) in [5.74, 6) is 0.872. The van der Waals surface area contributed by atoms with E-state index in [0.717, 1.165) is 50.5 Å². The van der Waals surface area contributed by atoms with E-state index in [1.54, 1.807) is 0 Å². The molecule has 10 rings (SSSR count). The average Bonchev–Trinajstić information content (AvgIpc) is 3.70. The fraction of sp³-hybridized carbons (Fsp3) is 0. The predicted octanol–water partition coefficient (Wildman–Crippen LogP) is 14.9. The molecule has 254 valence electrons. The highest BCUT2D eigenvalue weighted by atomic mass is 16.3. The first-order chi connectivity index (χ1) is 26.7. The van der Waals surface area contributed by atoms with Crippen LogP contribution in [-0.2, 0) is 0 Å². The summed E-state index contributed by atoms with van der Waals surface area (Å²) in [5, 5.41) is 6.00. The fourth-order valence-corrected chi connectivity index (χ4v) is 7.76. The topological polar surface area (TPSA) is 16.4 Å². The van der Waals surface area contributed by atoms with Crippen molar-refractivity contribution in [1.82, 2.24) is 0 Å². The van der Waals surface area contributed by atoms with Gasteiger partial charge in [-0.25, -0.2) is 0 Å². The number of benzene rings is 9. The predicted molar refractivity (Wildman–Crippen MR) is 228 cm³/mol. The summed E-state index contributed by atoms with van der Waals surface area (Å²) in [5.41, 5.74) is 12.2. The third kappa shape index (κ3) is 5.81. The van der Waals surface area contributed by atoms with Gasteiger partial charge in [0.15, 0.2) is 0 Å². The smallest absolute Gasteiger partial charge is 0.135 e. The Morgan fingerprint density at radius 3 is 1.54 bits per heavy atom. The molecule has 0 aliphatic rings. The third-order valence-corrected chi connectivity index (χ3v) is 10.4. The number of anilines is 3. The minimum absolute atomic E-state index is 0.872. The van der Waals surface area contributed by atoms with Crippen LogP contribution in [0.4, 0.5) is 17.1 Å². The molecule has 1 aromatic heterocycles. The van der Waals surface area contributed by atoms with Crippen LogP contribution in [-0.4, -0.2) is 0 Å². The molecule has 0 atom stereocenters. The maximum atomic E-state index is 6.24. The maximum absolute atomic E-state index is 6.24. The molecule has 0 saturated heterocycles. The summed E-state index contributed by atoms with van der Waals surface area (Å²) < 4.78 is 6.24. The maximum Gasteiger partial charge on any atom is 0.135 e. The Balaban J connectivity index is 1.16. The molecule has 2 nitrogen and oxygen atoms in total. The molecule has 10 aromatic rings. The van der Waals surface area contributed by atoms with Crippen molar-refractivity contribution >= 4 is 49.6 Å². The second-order valence-corrected chi connectivity index (χ2v) is 13.8. The van der Waals surface area contributed by atoms with Crippen LogP contribution in [0.5, 0.6) is 0 Å². The summed E-state index contributed by atoms with van der Waals surface area (Å²) in [6.45, 7) is 0. The highest BCUT2D eigenvalue weighted by Gasteiger charge is 2.20. The first-order valence-corrected chi connectivity index (χ1v) is 18.4. The van der Waals surface area contributed by atoms with Gasteiger partial charge < -0.3 is 9.32 Å². The minimum Gasteiger partial charge on any atom is -0.456 e. The SMILES string of the molecule is c1ccc(-c2cc(-c3ccccc3)cc(N(c3ccc(-c4cccc(-c5cc6ccccc6o5)c4)cc3)c3cc4ccccc4c4ccccc34)c2)cc1. The van der Waals surface area contributed by atoms with E-state index < -0.39 is 0 Å². The van der Waals surface area contributed by atoms with Crippen LogP contribution in [0.2, 0.25) is 0 Å². The molecule has 0 unspecified atom stereocenters. The molecule has 0 aliphatic carbocycles. The Labute approximate surface area is 314 Å². The second-order valence-electron chi connectivity index (χ2n) is 13.8. The van der Waals surface area contributed by atoms with E-state index in [0.29, 0.717) is 0 Å². The lowest BCUT2D eigenvalue weighted by Gasteiger charge is -2.29. The Kier molecular flexibility index (Phi) is 7.85. The van der Waals surface area contributed by atoms with E-state index in [9.17, 15) is 0 Å². The normalized spacial score (nSPS) is 11.3. The van der Waals surface area contributed by atoms with E-state index in [1.165, 1.54) is 43.8 Å². The number of para-hydroxylation sites is 1. The van der Waals surface area contributed by atoms with Crippen LogP contribution in [0.1, 0.15) is 0 Å². The quantitative estimate of drug-likeness (QED) is 0.155. The van der Waals surface area contributed by atoms with Gasteiger partial charge in [0.05, 0.1) is 5.69 Å². The second kappa shape index (κ2) is 13.4. The summed E-state index contributed by atoms with van der Waals surface area (Å²) >= 11 is 0. The molecule has 0 amide bonds. The lowest BCUT2D eigenvalue weighted by molar-refractivity contribution is 0.631. The van der Waals surface area contributed by atoms with Crippen molar-refractivity contribution in [1.29, 1.82) is 0 Å². The lowest BCUT2D eigenvalue weighted by Crippen LogP contribution is -2.11. The largest absolute Gasteiger partial charge is 0.456 e. The molecular formula is C52H35NO. The van der Waals surface area contributed by atoms with E-state index in [4.69, 9.17) is 4.42 Å². The van der Waals surface area contributed by atoms with Gasteiger partial charge in [0, 0.05) is 27.7 Å².